The molecule has 0 saturated heterocycles. The third-order valence-electron chi connectivity index (χ3n) is 3.36. The summed E-state index contributed by atoms with van der Waals surface area (Å²) in [5.74, 6) is 0. The van der Waals surface area contributed by atoms with Crippen molar-refractivity contribution < 1.29 is 0 Å². The van der Waals surface area contributed by atoms with Gasteiger partial charge in [-0.1, -0.05) is 18.9 Å². The van der Waals surface area contributed by atoms with Crippen molar-refractivity contribution in [2.45, 2.75) is 38.3 Å². The van der Waals surface area contributed by atoms with Gasteiger partial charge in [0.1, 0.15) is 11.8 Å². The van der Waals surface area contributed by atoms with Crippen molar-refractivity contribution in [2.24, 2.45) is 0 Å². The highest BCUT2D eigenvalue weighted by Gasteiger charge is 2.20. The molecular weight excluding hydrogens is 198 g/mol. The van der Waals surface area contributed by atoms with Gasteiger partial charge >= 0.3 is 0 Å². The average Bonchev–Trinajstić information content (AvgIpc) is 2.83. The van der Waals surface area contributed by atoms with Gasteiger partial charge in [0.05, 0.1) is 0 Å². The molecule has 1 fully saturated rings. The number of nitrogens with zero attached hydrogens (tertiary/aromatic N) is 3. The Bertz CT molecular complexity index is 388. The van der Waals surface area contributed by atoms with E-state index in [1.807, 2.05) is 12.1 Å². The molecule has 0 aliphatic heterocycles. The summed E-state index contributed by atoms with van der Waals surface area (Å²) in [5, 5.41) is 8.97. The van der Waals surface area contributed by atoms with Gasteiger partial charge in [0.15, 0.2) is 0 Å². The molecule has 1 saturated carbocycles. The predicted octanol–water partition coefficient (Wildman–Crippen LogP) is 2.33. The number of hydrogen-bond donors (Lipinski definition) is 0. The van der Waals surface area contributed by atoms with Crippen LogP contribution in [0.1, 0.15) is 36.9 Å². The van der Waals surface area contributed by atoms with E-state index in [2.05, 4.69) is 23.0 Å². The second-order valence-corrected chi connectivity index (χ2v) is 4.48. The fraction of sp³-hybridized carbons (Fsp3) is 0.538. The van der Waals surface area contributed by atoms with Gasteiger partial charge < -0.3 is 0 Å². The molecule has 1 aromatic heterocycles. The van der Waals surface area contributed by atoms with Gasteiger partial charge in [0.2, 0.25) is 0 Å². The molecule has 3 nitrogen and oxygen atoms in total. The summed E-state index contributed by atoms with van der Waals surface area (Å²) in [5.41, 5.74) is 1.60. The first-order valence-corrected chi connectivity index (χ1v) is 5.85. The van der Waals surface area contributed by atoms with Gasteiger partial charge in [-0.05, 0) is 26.0 Å². The monoisotopic (exact) mass is 215 g/mol. The van der Waals surface area contributed by atoms with E-state index in [0.717, 1.165) is 12.1 Å². The third kappa shape index (κ3) is 2.40. The zero-order valence-corrected chi connectivity index (χ0v) is 9.69. The van der Waals surface area contributed by atoms with Crippen molar-refractivity contribution in [1.82, 2.24) is 9.88 Å². The molecule has 1 aliphatic carbocycles. The maximum atomic E-state index is 8.97. The number of hydrogen-bond acceptors (Lipinski definition) is 3. The van der Waals surface area contributed by atoms with Crippen LogP contribution in [-0.4, -0.2) is 23.0 Å². The largest absolute Gasteiger partial charge is 0.299 e. The van der Waals surface area contributed by atoms with Gasteiger partial charge in [-0.25, -0.2) is 4.98 Å². The van der Waals surface area contributed by atoms with Crippen LogP contribution in [0.5, 0.6) is 0 Å². The van der Waals surface area contributed by atoms with Gasteiger partial charge in [-0.2, -0.15) is 5.26 Å². The highest BCUT2D eigenvalue weighted by Crippen LogP contribution is 2.23. The summed E-state index contributed by atoms with van der Waals surface area (Å²) in [6.45, 7) is 0.835. The van der Waals surface area contributed by atoms with Gasteiger partial charge in [0, 0.05) is 24.3 Å². The van der Waals surface area contributed by atoms with Gasteiger partial charge in [-0.3, -0.25) is 4.90 Å². The fourth-order valence-electron chi connectivity index (χ4n) is 2.41. The molecule has 0 aromatic carbocycles. The lowest BCUT2D eigenvalue weighted by molar-refractivity contribution is 0.237. The predicted molar refractivity (Wildman–Crippen MR) is 62.7 cm³/mol. The summed E-state index contributed by atoms with van der Waals surface area (Å²) in [4.78, 5) is 6.44. The molecule has 0 spiro atoms. The lowest BCUT2D eigenvalue weighted by atomic mass is 10.1. The Balaban J connectivity index is 2.05. The van der Waals surface area contributed by atoms with E-state index in [0.29, 0.717) is 11.7 Å². The van der Waals surface area contributed by atoms with Crippen molar-refractivity contribution >= 4 is 0 Å². The van der Waals surface area contributed by atoms with Crippen molar-refractivity contribution in [1.29, 1.82) is 5.26 Å². The van der Waals surface area contributed by atoms with Crippen molar-refractivity contribution in [2.75, 3.05) is 7.05 Å². The highest BCUT2D eigenvalue weighted by molar-refractivity contribution is 5.30. The van der Waals surface area contributed by atoms with E-state index < -0.39 is 0 Å². The van der Waals surface area contributed by atoms with Crippen LogP contribution in [0.4, 0.5) is 0 Å². The molecule has 16 heavy (non-hydrogen) atoms. The van der Waals surface area contributed by atoms with Crippen LogP contribution in [0.15, 0.2) is 18.3 Å². The Morgan fingerprint density at radius 3 is 2.94 bits per heavy atom. The molecule has 0 bridgehead atoms. The Hall–Kier alpha value is -1.40. The first kappa shape index (κ1) is 11.1. The maximum Gasteiger partial charge on any atom is 0.144 e. The first-order chi connectivity index (χ1) is 7.81. The molecule has 1 aliphatic rings. The second kappa shape index (κ2) is 5.09. The van der Waals surface area contributed by atoms with E-state index in [-0.39, 0.29) is 0 Å². The van der Waals surface area contributed by atoms with E-state index in [4.69, 9.17) is 5.26 Å². The van der Waals surface area contributed by atoms with Crippen LogP contribution >= 0.6 is 0 Å². The molecule has 0 unspecified atom stereocenters. The minimum absolute atomic E-state index is 0.562. The Labute approximate surface area is 96.7 Å². The topological polar surface area (TPSA) is 39.9 Å². The second-order valence-electron chi connectivity index (χ2n) is 4.48. The summed E-state index contributed by atoms with van der Waals surface area (Å²) >= 11 is 0. The molecule has 1 aromatic rings. The summed E-state index contributed by atoms with van der Waals surface area (Å²) in [6, 6.07) is 6.74. The summed E-state index contributed by atoms with van der Waals surface area (Å²) < 4.78 is 0. The Morgan fingerprint density at radius 1 is 1.50 bits per heavy atom. The van der Waals surface area contributed by atoms with Crippen LogP contribution in [0, 0.1) is 11.3 Å². The number of pyridine rings is 1. The maximum absolute atomic E-state index is 8.97. The molecule has 84 valence electrons. The summed E-state index contributed by atoms with van der Waals surface area (Å²) in [7, 11) is 2.14. The zero-order valence-electron chi connectivity index (χ0n) is 9.69. The first-order valence-electron chi connectivity index (χ1n) is 5.85. The van der Waals surface area contributed by atoms with Crippen LogP contribution in [0.3, 0.4) is 0 Å². The molecule has 2 rings (SSSR count). The van der Waals surface area contributed by atoms with E-state index in [9.17, 15) is 0 Å². The van der Waals surface area contributed by atoms with Crippen molar-refractivity contribution in [3.63, 3.8) is 0 Å². The van der Waals surface area contributed by atoms with Crippen LogP contribution < -0.4 is 0 Å². The average molecular weight is 215 g/mol. The van der Waals surface area contributed by atoms with E-state index >= 15 is 0 Å². The quantitative estimate of drug-likeness (QED) is 0.777. The van der Waals surface area contributed by atoms with Crippen molar-refractivity contribution in [3.05, 3.63) is 29.6 Å². The molecule has 3 heteroatoms. The van der Waals surface area contributed by atoms with Gasteiger partial charge in [-0.15, -0.1) is 0 Å². The van der Waals surface area contributed by atoms with Crippen molar-refractivity contribution in [3.8, 4) is 6.07 Å². The molecular formula is C13H17N3. The van der Waals surface area contributed by atoms with Crippen LogP contribution in [0.25, 0.3) is 0 Å². The molecule has 1 heterocycles. The van der Waals surface area contributed by atoms with E-state index in [1.165, 1.54) is 25.7 Å². The fourth-order valence-corrected chi connectivity index (χ4v) is 2.41. The SMILES string of the molecule is CN(Cc1cccnc1C#N)C1CCCC1. The molecule has 0 amide bonds. The van der Waals surface area contributed by atoms with E-state index in [1.54, 1.807) is 6.20 Å². The molecule has 0 radical (unpaired) electrons. The lowest BCUT2D eigenvalue weighted by Crippen LogP contribution is -2.28. The molecule has 0 N–H and O–H groups in total. The zero-order chi connectivity index (χ0) is 11.4. The van der Waals surface area contributed by atoms with Crippen LogP contribution in [0.2, 0.25) is 0 Å². The highest BCUT2D eigenvalue weighted by atomic mass is 15.1. The minimum atomic E-state index is 0.562. The van der Waals surface area contributed by atoms with Crippen LogP contribution in [-0.2, 0) is 6.54 Å². The Kier molecular flexibility index (Phi) is 3.53. The standard InChI is InChI=1S/C13H17N3/c1-16(12-6-2-3-7-12)10-11-5-4-8-15-13(11)9-14/h4-5,8,12H,2-3,6-7,10H2,1H3. The summed E-state index contributed by atoms with van der Waals surface area (Å²) in [6.07, 6.45) is 6.94. The lowest BCUT2D eigenvalue weighted by Gasteiger charge is -2.24. The normalized spacial score (nSPS) is 16.6. The molecule has 0 atom stereocenters. The third-order valence-corrected chi connectivity index (χ3v) is 3.36. The number of nitriles is 1. The number of rotatable bonds is 3. The minimum Gasteiger partial charge on any atom is -0.299 e. The van der Waals surface area contributed by atoms with Gasteiger partial charge in [0.25, 0.3) is 0 Å². The smallest absolute Gasteiger partial charge is 0.144 e. The number of aromatic nitrogens is 1. The Morgan fingerprint density at radius 2 is 2.25 bits per heavy atom.